The number of likely N-dealkylation sites (N-methyl/N-ethyl adjacent to an activating group) is 1. The van der Waals surface area contributed by atoms with E-state index >= 15 is 0 Å². The molecule has 0 bridgehead atoms. The number of carbonyl (C=O) groups excluding carboxylic acids is 1. The van der Waals surface area contributed by atoms with Gasteiger partial charge in [-0.05, 0) is 26.8 Å². The number of nitrogens with zero attached hydrogens (tertiary/aromatic N) is 2. The summed E-state index contributed by atoms with van der Waals surface area (Å²) in [5.74, 6) is -0.741. The molecule has 1 N–H and O–H groups in total. The first-order valence-corrected chi connectivity index (χ1v) is 6.27. The summed E-state index contributed by atoms with van der Waals surface area (Å²) in [6.45, 7) is 8.85. The lowest BCUT2D eigenvalue weighted by molar-refractivity contribution is -0.138. The second kappa shape index (κ2) is 8.98. The van der Waals surface area contributed by atoms with Gasteiger partial charge < -0.3 is 10.0 Å². The van der Waals surface area contributed by atoms with Gasteiger partial charge in [0.25, 0.3) is 0 Å². The summed E-state index contributed by atoms with van der Waals surface area (Å²) in [6, 6.07) is 0. The van der Waals surface area contributed by atoms with E-state index in [0.717, 1.165) is 13.0 Å². The molecule has 5 heteroatoms. The Bertz CT molecular complexity index is 240. The Morgan fingerprint density at radius 3 is 2.06 bits per heavy atom. The molecule has 0 atom stereocenters. The highest BCUT2D eigenvalue weighted by Crippen LogP contribution is 1.98. The van der Waals surface area contributed by atoms with Crippen LogP contribution in [0.3, 0.4) is 0 Å². The SMILES string of the molecule is CCCN(CCC(=O)O)CC(=O)N(CC)CC. The molecule has 0 aromatic rings. The average molecular weight is 244 g/mol. The highest BCUT2D eigenvalue weighted by molar-refractivity contribution is 5.78. The van der Waals surface area contributed by atoms with Crippen molar-refractivity contribution in [2.45, 2.75) is 33.6 Å². The molecule has 0 aliphatic rings. The summed E-state index contributed by atoms with van der Waals surface area (Å²) in [6.07, 6.45) is 1.01. The monoisotopic (exact) mass is 244 g/mol. The van der Waals surface area contributed by atoms with Gasteiger partial charge in [-0.1, -0.05) is 6.92 Å². The molecule has 0 aromatic heterocycles. The lowest BCUT2D eigenvalue weighted by atomic mass is 10.3. The summed E-state index contributed by atoms with van der Waals surface area (Å²) in [5.41, 5.74) is 0. The van der Waals surface area contributed by atoms with Gasteiger partial charge in [-0.3, -0.25) is 14.5 Å². The number of carbonyl (C=O) groups is 2. The molecule has 0 saturated heterocycles. The van der Waals surface area contributed by atoms with Crippen molar-refractivity contribution >= 4 is 11.9 Å². The maximum atomic E-state index is 11.9. The summed E-state index contributed by atoms with van der Waals surface area (Å²) < 4.78 is 0. The Morgan fingerprint density at radius 1 is 1.06 bits per heavy atom. The van der Waals surface area contributed by atoms with E-state index in [-0.39, 0.29) is 12.3 Å². The fourth-order valence-electron chi connectivity index (χ4n) is 1.71. The van der Waals surface area contributed by atoms with Gasteiger partial charge in [0.15, 0.2) is 0 Å². The molecule has 0 radical (unpaired) electrons. The fourth-order valence-corrected chi connectivity index (χ4v) is 1.71. The van der Waals surface area contributed by atoms with Crippen LogP contribution in [-0.2, 0) is 9.59 Å². The maximum absolute atomic E-state index is 11.9. The first-order chi connectivity index (χ1) is 8.04. The van der Waals surface area contributed by atoms with E-state index in [0.29, 0.717) is 26.2 Å². The molecule has 0 aromatic carbocycles. The molecule has 0 aliphatic carbocycles. The first-order valence-electron chi connectivity index (χ1n) is 6.27. The lowest BCUT2D eigenvalue weighted by Crippen LogP contribution is -2.41. The van der Waals surface area contributed by atoms with Crippen LogP contribution >= 0.6 is 0 Å². The largest absolute Gasteiger partial charge is 0.481 e. The van der Waals surface area contributed by atoms with Gasteiger partial charge in [-0.25, -0.2) is 0 Å². The average Bonchev–Trinajstić information content (AvgIpc) is 2.27. The van der Waals surface area contributed by atoms with Crippen LogP contribution in [0.4, 0.5) is 0 Å². The number of carboxylic acid groups (broad SMARTS) is 1. The van der Waals surface area contributed by atoms with Crippen LogP contribution in [0.5, 0.6) is 0 Å². The molecular weight excluding hydrogens is 220 g/mol. The minimum Gasteiger partial charge on any atom is -0.481 e. The normalized spacial score (nSPS) is 10.6. The van der Waals surface area contributed by atoms with Crippen LogP contribution in [0.15, 0.2) is 0 Å². The Morgan fingerprint density at radius 2 is 1.65 bits per heavy atom. The molecule has 100 valence electrons. The molecule has 17 heavy (non-hydrogen) atoms. The Hall–Kier alpha value is -1.10. The van der Waals surface area contributed by atoms with Crippen molar-refractivity contribution in [3.63, 3.8) is 0 Å². The van der Waals surface area contributed by atoms with Crippen LogP contribution in [0, 0.1) is 0 Å². The van der Waals surface area contributed by atoms with E-state index in [1.165, 1.54) is 0 Å². The number of amides is 1. The standard InChI is InChI=1S/C12H24N2O3/c1-4-8-13(9-7-12(16)17)10-11(15)14(5-2)6-3/h4-10H2,1-3H3,(H,16,17). The van der Waals surface area contributed by atoms with Crippen molar-refractivity contribution in [2.24, 2.45) is 0 Å². The predicted octanol–water partition coefficient (Wildman–Crippen LogP) is 1.04. The molecule has 0 spiro atoms. The first kappa shape index (κ1) is 15.9. The van der Waals surface area contributed by atoms with Gasteiger partial charge >= 0.3 is 5.97 Å². The third kappa shape index (κ3) is 6.94. The zero-order chi connectivity index (χ0) is 13.3. The summed E-state index contributed by atoms with van der Waals surface area (Å²) in [4.78, 5) is 26.1. The highest BCUT2D eigenvalue weighted by Gasteiger charge is 2.15. The molecule has 0 fully saturated rings. The maximum Gasteiger partial charge on any atom is 0.304 e. The Kier molecular flexibility index (Phi) is 8.40. The molecule has 0 heterocycles. The minimum atomic E-state index is -0.818. The van der Waals surface area contributed by atoms with Crippen LogP contribution < -0.4 is 0 Å². The third-order valence-corrected chi connectivity index (χ3v) is 2.66. The summed E-state index contributed by atoms with van der Waals surface area (Å²) in [5, 5.41) is 8.64. The zero-order valence-corrected chi connectivity index (χ0v) is 11.1. The van der Waals surface area contributed by atoms with E-state index in [2.05, 4.69) is 0 Å². The van der Waals surface area contributed by atoms with Crippen LogP contribution in [0.1, 0.15) is 33.6 Å². The smallest absolute Gasteiger partial charge is 0.304 e. The summed E-state index contributed by atoms with van der Waals surface area (Å²) in [7, 11) is 0. The van der Waals surface area contributed by atoms with Crippen molar-refractivity contribution < 1.29 is 14.7 Å². The molecular formula is C12H24N2O3. The van der Waals surface area contributed by atoms with E-state index < -0.39 is 5.97 Å². The second-order valence-electron chi connectivity index (χ2n) is 3.99. The number of carboxylic acids is 1. The summed E-state index contributed by atoms with van der Waals surface area (Å²) >= 11 is 0. The number of hydrogen-bond donors (Lipinski definition) is 1. The van der Waals surface area contributed by atoms with Crippen molar-refractivity contribution in [3.8, 4) is 0 Å². The third-order valence-electron chi connectivity index (χ3n) is 2.66. The molecule has 0 rings (SSSR count). The predicted molar refractivity (Wildman–Crippen MR) is 66.9 cm³/mol. The fraction of sp³-hybridized carbons (Fsp3) is 0.833. The second-order valence-corrected chi connectivity index (χ2v) is 3.99. The van der Waals surface area contributed by atoms with Gasteiger partial charge in [0.1, 0.15) is 0 Å². The number of hydrogen-bond acceptors (Lipinski definition) is 3. The van der Waals surface area contributed by atoms with Crippen molar-refractivity contribution in [2.75, 3.05) is 32.7 Å². The Balaban J connectivity index is 4.22. The van der Waals surface area contributed by atoms with Crippen LogP contribution in [0.25, 0.3) is 0 Å². The molecule has 0 unspecified atom stereocenters. The lowest BCUT2D eigenvalue weighted by Gasteiger charge is -2.25. The van der Waals surface area contributed by atoms with Crippen LogP contribution in [-0.4, -0.2) is 59.5 Å². The number of rotatable bonds is 9. The van der Waals surface area contributed by atoms with Gasteiger partial charge in [-0.15, -0.1) is 0 Å². The van der Waals surface area contributed by atoms with E-state index in [1.54, 1.807) is 4.90 Å². The van der Waals surface area contributed by atoms with Crippen LogP contribution in [0.2, 0.25) is 0 Å². The Labute approximate surface area is 103 Å². The van der Waals surface area contributed by atoms with Gasteiger partial charge in [0.05, 0.1) is 13.0 Å². The molecule has 1 amide bonds. The van der Waals surface area contributed by atoms with E-state index in [1.807, 2.05) is 25.7 Å². The van der Waals surface area contributed by atoms with Crippen molar-refractivity contribution in [3.05, 3.63) is 0 Å². The van der Waals surface area contributed by atoms with Crippen molar-refractivity contribution in [1.82, 2.24) is 9.80 Å². The van der Waals surface area contributed by atoms with Crippen molar-refractivity contribution in [1.29, 1.82) is 0 Å². The molecule has 0 saturated carbocycles. The van der Waals surface area contributed by atoms with E-state index in [4.69, 9.17) is 5.11 Å². The minimum absolute atomic E-state index is 0.0776. The quantitative estimate of drug-likeness (QED) is 0.658. The molecule has 5 nitrogen and oxygen atoms in total. The van der Waals surface area contributed by atoms with Gasteiger partial charge in [0, 0.05) is 19.6 Å². The topological polar surface area (TPSA) is 60.9 Å². The van der Waals surface area contributed by atoms with E-state index in [9.17, 15) is 9.59 Å². The van der Waals surface area contributed by atoms with Gasteiger partial charge in [-0.2, -0.15) is 0 Å². The highest BCUT2D eigenvalue weighted by atomic mass is 16.4. The van der Waals surface area contributed by atoms with Gasteiger partial charge in [0.2, 0.25) is 5.91 Å². The number of aliphatic carboxylic acids is 1. The molecule has 0 aliphatic heterocycles. The zero-order valence-electron chi connectivity index (χ0n) is 11.1.